The third-order valence-corrected chi connectivity index (χ3v) is 5.56. The molecule has 0 aliphatic heterocycles. The van der Waals surface area contributed by atoms with E-state index in [1.165, 1.54) is 24.3 Å². The first kappa shape index (κ1) is 22.6. The van der Waals surface area contributed by atoms with Gasteiger partial charge in [0.05, 0.1) is 23.4 Å². The number of aromatic hydroxyl groups is 1. The molecular formula is C25H22N6O3. The van der Waals surface area contributed by atoms with Gasteiger partial charge >= 0.3 is 0 Å². The van der Waals surface area contributed by atoms with Gasteiger partial charge in [0.15, 0.2) is 17.4 Å². The number of nitrogens with one attached hydrogen (secondary N) is 2. The fraction of sp³-hybridized carbons (Fsp3) is 0.200. The number of benzene rings is 2. The molecule has 0 radical (unpaired) electrons. The molecule has 0 atom stereocenters. The predicted molar refractivity (Wildman–Crippen MR) is 129 cm³/mol. The first-order chi connectivity index (χ1) is 16.4. The summed E-state index contributed by atoms with van der Waals surface area (Å²) in [5.41, 5.74) is 1.89. The van der Waals surface area contributed by atoms with Crippen molar-refractivity contribution in [3.05, 3.63) is 75.6 Å². The molecule has 2 aromatic carbocycles. The smallest absolute Gasteiger partial charge is 0.233 e. The normalized spacial score (nSPS) is 12.3. The molecule has 9 nitrogen and oxygen atoms in total. The van der Waals surface area contributed by atoms with E-state index in [0.717, 1.165) is 6.42 Å². The van der Waals surface area contributed by atoms with Crippen LogP contribution in [-0.4, -0.2) is 35.2 Å². The Bertz CT molecular complexity index is 1400. The largest absolute Gasteiger partial charge is 0.507 e. The molecule has 170 valence electrons. The monoisotopic (exact) mass is 454 g/mol. The second-order valence-corrected chi connectivity index (χ2v) is 7.68. The van der Waals surface area contributed by atoms with Crippen molar-refractivity contribution in [1.82, 2.24) is 4.98 Å². The van der Waals surface area contributed by atoms with Crippen LogP contribution in [0.3, 0.4) is 0 Å². The molecule has 3 aromatic rings. The number of rotatable bonds is 6. The van der Waals surface area contributed by atoms with Crippen LogP contribution in [0.5, 0.6) is 5.75 Å². The lowest BCUT2D eigenvalue weighted by molar-refractivity contribution is 0.0977. The summed E-state index contributed by atoms with van der Waals surface area (Å²) in [6, 6.07) is 9.14. The first-order valence-corrected chi connectivity index (χ1v) is 10.7. The van der Waals surface area contributed by atoms with Crippen molar-refractivity contribution in [2.75, 3.05) is 24.2 Å². The Labute approximate surface area is 196 Å². The maximum Gasteiger partial charge on any atom is 0.233 e. The second-order valence-electron chi connectivity index (χ2n) is 7.68. The number of fused-ring (bicyclic) bond motifs is 2. The van der Waals surface area contributed by atoms with E-state index in [2.05, 4.69) is 30.7 Å². The van der Waals surface area contributed by atoms with E-state index in [9.17, 15) is 14.7 Å². The molecule has 1 aromatic heterocycles. The van der Waals surface area contributed by atoms with Crippen LogP contribution in [-0.2, 0) is 0 Å². The van der Waals surface area contributed by atoms with Gasteiger partial charge in [-0.2, -0.15) is 0 Å². The minimum Gasteiger partial charge on any atom is -0.507 e. The van der Waals surface area contributed by atoms with Gasteiger partial charge in [-0.1, -0.05) is 31.2 Å². The van der Waals surface area contributed by atoms with Crippen molar-refractivity contribution < 1.29 is 14.7 Å². The van der Waals surface area contributed by atoms with Crippen LogP contribution in [0.4, 0.5) is 28.7 Å². The lowest BCUT2D eigenvalue weighted by Gasteiger charge is -2.19. The third-order valence-electron chi connectivity index (χ3n) is 5.56. The van der Waals surface area contributed by atoms with Crippen molar-refractivity contribution >= 4 is 40.3 Å². The standard InChI is InChI=1S/C25H22N6O3/c1-5-12-28-25-21(13(2)20(26-3)24(27-4)29-25)31-30-16-10-6-8-14-18(16)22(33)15-9-7-11-17(32)19(15)23(14)34/h6-11,32H,5,12H2,1-2,4H3,(H2,27,28,29). The van der Waals surface area contributed by atoms with Crippen molar-refractivity contribution in [1.29, 1.82) is 0 Å². The predicted octanol–water partition coefficient (Wildman–Crippen LogP) is 5.70. The zero-order valence-electron chi connectivity index (χ0n) is 18.9. The summed E-state index contributed by atoms with van der Waals surface area (Å²) in [6.07, 6.45) is 0.853. The second kappa shape index (κ2) is 9.11. The Kier molecular flexibility index (Phi) is 6.06. The van der Waals surface area contributed by atoms with Crippen LogP contribution >= 0.6 is 0 Å². The minimum absolute atomic E-state index is 0.00969. The van der Waals surface area contributed by atoms with E-state index in [4.69, 9.17) is 6.57 Å². The number of carbonyl (C=O) groups excluding carboxylic acids is 2. The quantitative estimate of drug-likeness (QED) is 0.254. The van der Waals surface area contributed by atoms with Crippen molar-refractivity contribution in [2.45, 2.75) is 20.3 Å². The van der Waals surface area contributed by atoms with Gasteiger partial charge in [0.2, 0.25) is 5.69 Å². The number of nitrogens with zero attached hydrogens (tertiary/aromatic N) is 4. The number of pyridine rings is 1. The average molecular weight is 454 g/mol. The molecule has 0 saturated carbocycles. The van der Waals surface area contributed by atoms with Gasteiger partial charge in [-0.3, -0.25) is 9.59 Å². The molecule has 4 rings (SSSR count). The number of aromatic nitrogens is 1. The van der Waals surface area contributed by atoms with Gasteiger partial charge in [-0.25, -0.2) is 9.83 Å². The Balaban J connectivity index is 1.85. The SMILES string of the molecule is [C-]#[N+]c1c(NC)nc(NCCC)c(N=Nc2cccc3c2C(=O)c2cccc(O)c2C3=O)c1C. The highest BCUT2D eigenvalue weighted by Crippen LogP contribution is 2.41. The molecule has 0 saturated heterocycles. The first-order valence-electron chi connectivity index (χ1n) is 10.7. The van der Waals surface area contributed by atoms with E-state index in [1.54, 1.807) is 26.1 Å². The van der Waals surface area contributed by atoms with Crippen molar-refractivity contribution in [3.8, 4) is 5.75 Å². The third kappa shape index (κ3) is 3.65. The molecule has 0 amide bonds. The Hall–Kier alpha value is -4.58. The maximum atomic E-state index is 13.3. The summed E-state index contributed by atoms with van der Waals surface area (Å²) in [5, 5.41) is 25.0. The lowest BCUT2D eigenvalue weighted by Crippen LogP contribution is -2.21. The molecule has 1 heterocycles. The van der Waals surface area contributed by atoms with Gasteiger partial charge in [-0.15, -0.1) is 10.2 Å². The summed E-state index contributed by atoms with van der Waals surface area (Å²) in [7, 11) is 1.69. The van der Waals surface area contributed by atoms with E-state index in [0.29, 0.717) is 35.1 Å². The molecular weight excluding hydrogens is 432 g/mol. The van der Waals surface area contributed by atoms with E-state index >= 15 is 0 Å². The minimum atomic E-state index is -0.448. The van der Waals surface area contributed by atoms with Gasteiger partial charge in [0.1, 0.15) is 17.3 Å². The molecule has 3 N–H and O–H groups in total. The summed E-state index contributed by atoms with van der Waals surface area (Å²) < 4.78 is 0. The maximum absolute atomic E-state index is 13.3. The van der Waals surface area contributed by atoms with E-state index < -0.39 is 11.6 Å². The number of phenolic OH excluding ortho intramolecular Hbond substituents is 1. The summed E-state index contributed by atoms with van der Waals surface area (Å²) in [4.78, 5) is 34.4. The molecule has 34 heavy (non-hydrogen) atoms. The van der Waals surface area contributed by atoms with Gasteiger partial charge in [-0.05, 0) is 31.0 Å². The van der Waals surface area contributed by atoms with Crippen LogP contribution in [0.2, 0.25) is 0 Å². The fourth-order valence-corrected chi connectivity index (χ4v) is 3.88. The average Bonchev–Trinajstić information content (AvgIpc) is 2.84. The Morgan fingerprint density at radius 1 is 1.03 bits per heavy atom. The Morgan fingerprint density at radius 3 is 2.38 bits per heavy atom. The molecule has 0 bridgehead atoms. The fourth-order valence-electron chi connectivity index (χ4n) is 3.88. The number of azo groups is 1. The van der Waals surface area contributed by atoms with Crippen molar-refractivity contribution in [2.24, 2.45) is 10.2 Å². The van der Waals surface area contributed by atoms with Gasteiger partial charge in [0.25, 0.3) is 0 Å². The summed E-state index contributed by atoms with van der Waals surface area (Å²) in [5.74, 6) is -0.210. The van der Waals surface area contributed by atoms with Crippen molar-refractivity contribution in [3.63, 3.8) is 0 Å². The number of anilines is 2. The number of carbonyl (C=O) groups is 2. The van der Waals surface area contributed by atoms with Crippen LogP contribution in [0.15, 0.2) is 46.6 Å². The Morgan fingerprint density at radius 2 is 1.71 bits per heavy atom. The molecule has 0 fully saturated rings. The van der Waals surface area contributed by atoms with Crippen LogP contribution < -0.4 is 10.6 Å². The molecule has 1 aliphatic rings. The zero-order chi connectivity index (χ0) is 24.4. The summed E-state index contributed by atoms with van der Waals surface area (Å²) >= 11 is 0. The highest BCUT2D eigenvalue weighted by Gasteiger charge is 2.33. The van der Waals surface area contributed by atoms with Gasteiger partial charge in [0, 0.05) is 24.7 Å². The zero-order valence-corrected chi connectivity index (χ0v) is 18.9. The molecule has 0 unspecified atom stereocenters. The van der Waals surface area contributed by atoms with Crippen LogP contribution in [0, 0.1) is 13.5 Å². The molecule has 1 aliphatic carbocycles. The molecule has 9 heteroatoms. The summed E-state index contributed by atoms with van der Waals surface area (Å²) in [6.45, 7) is 12.0. The van der Waals surface area contributed by atoms with Crippen LogP contribution in [0.1, 0.15) is 50.8 Å². The number of ketones is 2. The molecule has 0 spiro atoms. The van der Waals surface area contributed by atoms with Gasteiger partial charge < -0.3 is 15.7 Å². The topological polar surface area (TPSA) is 120 Å². The highest BCUT2D eigenvalue weighted by molar-refractivity contribution is 6.30. The number of hydrogen-bond donors (Lipinski definition) is 3. The lowest BCUT2D eigenvalue weighted by atomic mass is 9.83. The number of phenols is 1. The van der Waals surface area contributed by atoms with E-state index in [1.807, 2.05) is 6.92 Å². The van der Waals surface area contributed by atoms with Crippen LogP contribution in [0.25, 0.3) is 4.85 Å². The van der Waals surface area contributed by atoms with E-state index in [-0.39, 0.29) is 33.7 Å². The highest BCUT2D eigenvalue weighted by atomic mass is 16.3. The number of hydrogen-bond acceptors (Lipinski definition) is 8.